The van der Waals surface area contributed by atoms with Crippen LogP contribution in [0.15, 0.2) is 42.5 Å². The van der Waals surface area contributed by atoms with Gasteiger partial charge in [0.05, 0.1) is 5.69 Å². The van der Waals surface area contributed by atoms with E-state index in [0.717, 1.165) is 23.5 Å². The molecular formula is C16H18N2O. The largest absolute Gasteiger partial charge is 0.486 e. The Bertz CT molecular complexity index is 595. The van der Waals surface area contributed by atoms with Crippen molar-refractivity contribution < 1.29 is 4.74 Å². The topological polar surface area (TPSA) is 47.3 Å². The minimum Gasteiger partial charge on any atom is -0.486 e. The van der Waals surface area contributed by atoms with E-state index in [2.05, 4.69) is 42.6 Å². The number of nitrogens with one attached hydrogen (secondary N) is 1. The average molecular weight is 254 g/mol. The lowest BCUT2D eigenvalue weighted by Gasteiger charge is -2.13. The molecule has 0 fully saturated rings. The number of ether oxygens (including phenoxy) is 1. The van der Waals surface area contributed by atoms with Crippen LogP contribution in [-0.2, 0) is 6.42 Å². The highest BCUT2D eigenvalue weighted by Gasteiger charge is 2.24. The number of aryl methyl sites for hydroxylation is 1. The van der Waals surface area contributed by atoms with E-state index in [1.807, 2.05) is 12.1 Å². The van der Waals surface area contributed by atoms with Gasteiger partial charge >= 0.3 is 0 Å². The highest BCUT2D eigenvalue weighted by atomic mass is 16.5. The number of benzene rings is 2. The van der Waals surface area contributed by atoms with Gasteiger partial charge in [0, 0.05) is 24.2 Å². The Hall–Kier alpha value is -2.00. The molecule has 0 aromatic heterocycles. The first-order valence-corrected chi connectivity index (χ1v) is 6.58. The fourth-order valence-corrected chi connectivity index (χ4v) is 2.45. The van der Waals surface area contributed by atoms with Crippen molar-refractivity contribution in [1.82, 2.24) is 0 Å². The van der Waals surface area contributed by atoms with Crippen LogP contribution in [0.4, 0.5) is 11.4 Å². The molecule has 19 heavy (non-hydrogen) atoms. The van der Waals surface area contributed by atoms with E-state index in [1.54, 1.807) is 0 Å². The maximum absolute atomic E-state index is 5.90. The molecule has 0 saturated carbocycles. The molecule has 3 heteroatoms. The van der Waals surface area contributed by atoms with Crippen LogP contribution in [0.2, 0.25) is 0 Å². The maximum atomic E-state index is 5.90. The third-order valence-corrected chi connectivity index (χ3v) is 3.39. The van der Waals surface area contributed by atoms with Crippen LogP contribution >= 0.6 is 0 Å². The van der Waals surface area contributed by atoms with E-state index in [0.29, 0.717) is 6.54 Å². The summed E-state index contributed by atoms with van der Waals surface area (Å²) in [5.74, 6) is 0.944. The van der Waals surface area contributed by atoms with Crippen LogP contribution in [0, 0.1) is 6.92 Å². The van der Waals surface area contributed by atoms with Gasteiger partial charge in [-0.15, -0.1) is 0 Å². The third-order valence-electron chi connectivity index (χ3n) is 3.39. The summed E-state index contributed by atoms with van der Waals surface area (Å²) < 4.78 is 5.90. The molecule has 1 unspecified atom stereocenters. The van der Waals surface area contributed by atoms with Crippen molar-refractivity contribution in [2.24, 2.45) is 5.73 Å². The monoisotopic (exact) mass is 254 g/mol. The summed E-state index contributed by atoms with van der Waals surface area (Å²) >= 11 is 0. The second kappa shape index (κ2) is 4.94. The zero-order valence-electron chi connectivity index (χ0n) is 11.0. The molecule has 1 aliphatic heterocycles. The zero-order chi connectivity index (χ0) is 13.2. The molecule has 0 radical (unpaired) electrons. The van der Waals surface area contributed by atoms with Crippen molar-refractivity contribution >= 4 is 11.4 Å². The SMILES string of the molecule is Cc1cccc(Nc2cccc3c2OC(CN)C3)c1. The van der Waals surface area contributed by atoms with Crippen molar-refractivity contribution in [3.8, 4) is 5.75 Å². The van der Waals surface area contributed by atoms with E-state index in [1.165, 1.54) is 11.1 Å². The summed E-state index contributed by atoms with van der Waals surface area (Å²) in [5.41, 5.74) is 10.2. The van der Waals surface area contributed by atoms with Gasteiger partial charge in [0.1, 0.15) is 11.9 Å². The van der Waals surface area contributed by atoms with E-state index >= 15 is 0 Å². The minimum atomic E-state index is 0.107. The van der Waals surface area contributed by atoms with Crippen LogP contribution in [0.3, 0.4) is 0 Å². The number of anilines is 2. The lowest BCUT2D eigenvalue weighted by Crippen LogP contribution is -2.24. The van der Waals surface area contributed by atoms with Gasteiger partial charge in [-0.1, -0.05) is 24.3 Å². The predicted molar refractivity (Wildman–Crippen MR) is 78.1 cm³/mol. The van der Waals surface area contributed by atoms with Gasteiger partial charge in [-0.3, -0.25) is 0 Å². The first kappa shape index (κ1) is 12.1. The van der Waals surface area contributed by atoms with Gasteiger partial charge in [0.2, 0.25) is 0 Å². The van der Waals surface area contributed by atoms with Crippen LogP contribution in [0.25, 0.3) is 0 Å². The Balaban J connectivity index is 1.89. The molecule has 2 aromatic carbocycles. The quantitative estimate of drug-likeness (QED) is 0.885. The van der Waals surface area contributed by atoms with Crippen molar-refractivity contribution in [3.05, 3.63) is 53.6 Å². The number of hydrogen-bond donors (Lipinski definition) is 2. The third kappa shape index (κ3) is 2.42. The van der Waals surface area contributed by atoms with Gasteiger partial charge in [-0.2, -0.15) is 0 Å². The lowest BCUT2D eigenvalue weighted by atomic mass is 10.1. The Morgan fingerprint density at radius 3 is 2.89 bits per heavy atom. The minimum absolute atomic E-state index is 0.107. The molecule has 0 saturated heterocycles. The summed E-state index contributed by atoms with van der Waals surface area (Å²) in [6, 6.07) is 14.5. The highest BCUT2D eigenvalue weighted by molar-refractivity contribution is 5.69. The molecule has 1 heterocycles. The summed E-state index contributed by atoms with van der Waals surface area (Å²) in [4.78, 5) is 0. The van der Waals surface area contributed by atoms with Crippen molar-refractivity contribution in [2.75, 3.05) is 11.9 Å². The maximum Gasteiger partial charge on any atom is 0.146 e. The Labute approximate surface area is 113 Å². The van der Waals surface area contributed by atoms with Crippen LogP contribution in [-0.4, -0.2) is 12.6 Å². The first-order valence-electron chi connectivity index (χ1n) is 6.58. The lowest BCUT2D eigenvalue weighted by molar-refractivity contribution is 0.242. The van der Waals surface area contributed by atoms with Gasteiger partial charge in [0.15, 0.2) is 0 Å². The first-order chi connectivity index (χ1) is 9.26. The fraction of sp³-hybridized carbons (Fsp3) is 0.250. The highest BCUT2D eigenvalue weighted by Crippen LogP contribution is 2.37. The van der Waals surface area contributed by atoms with Crippen molar-refractivity contribution in [3.63, 3.8) is 0 Å². The molecule has 3 nitrogen and oxygen atoms in total. The molecule has 1 aliphatic rings. The number of hydrogen-bond acceptors (Lipinski definition) is 3. The molecule has 3 N–H and O–H groups in total. The Morgan fingerprint density at radius 1 is 1.26 bits per heavy atom. The normalized spacial score (nSPS) is 16.8. The molecular weight excluding hydrogens is 236 g/mol. The van der Waals surface area contributed by atoms with Gasteiger partial charge in [-0.05, 0) is 30.7 Å². The molecule has 0 amide bonds. The summed E-state index contributed by atoms with van der Waals surface area (Å²) in [7, 11) is 0. The second-order valence-electron chi connectivity index (χ2n) is 4.97. The molecule has 0 bridgehead atoms. The van der Waals surface area contributed by atoms with Crippen molar-refractivity contribution in [2.45, 2.75) is 19.4 Å². The number of nitrogens with two attached hydrogens (primary N) is 1. The summed E-state index contributed by atoms with van der Waals surface area (Å²) in [5, 5.41) is 3.42. The Kier molecular flexibility index (Phi) is 3.13. The smallest absolute Gasteiger partial charge is 0.146 e. The van der Waals surface area contributed by atoms with Gasteiger partial charge in [0.25, 0.3) is 0 Å². The van der Waals surface area contributed by atoms with E-state index < -0.39 is 0 Å². The fourth-order valence-electron chi connectivity index (χ4n) is 2.45. The van der Waals surface area contributed by atoms with Crippen LogP contribution in [0.5, 0.6) is 5.75 Å². The zero-order valence-corrected chi connectivity index (χ0v) is 11.0. The average Bonchev–Trinajstić information content (AvgIpc) is 2.83. The van der Waals surface area contributed by atoms with E-state index in [4.69, 9.17) is 10.5 Å². The van der Waals surface area contributed by atoms with E-state index in [-0.39, 0.29) is 6.10 Å². The molecule has 0 aliphatic carbocycles. The summed E-state index contributed by atoms with van der Waals surface area (Å²) in [6.45, 7) is 2.64. The number of fused-ring (bicyclic) bond motifs is 1. The molecule has 0 spiro atoms. The van der Waals surface area contributed by atoms with Crippen molar-refractivity contribution in [1.29, 1.82) is 0 Å². The van der Waals surface area contributed by atoms with Gasteiger partial charge < -0.3 is 15.8 Å². The van der Waals surface area contributed by atoms with Gasteiger partial charge in [-0.25, -0.2) is 0 Å². The molecule has 2 aromatic rings. The van der Waals surface area contributed by atoms with Crippen LogP contribution < -0.4 is 15.8 Å². The number of rotatable bonds is 3. The standard InChI is InChI=1S/C16H18N2O/c1-11-4-2-6-13(8-11)18-15-7-3-5-12-9-14(10-17)19-16(12)15/h2-8,14,18H,9-10,17H2,1H3. The molecule has 1 atom stereocenters. The van der Waals surface area contributed by atoms with Crippen LogP contribution in [0.1, 0.15) is 11.1 Å². The Morgan fingerprint density at radius 2 is 2.11 bits per heavy atom. The number of para-hydroxylation sites is 1. The summed E-state index contributed by atoms with van der Waals surface area (Å²) in [6.07, 6.45) is 1.00. The predicted octanol–water partition coefficient (Wildman–Crippen LogP) is 3.00. The molecule has 98 valence electrons. The van der Waals surface area contributed by atoms with E-state index in [9.17, 15) is 0 Å². The second-order valence-corrected chi connectivity index (χ2v) is 4.97. The molecule has 3 rings (SSSR count).